The predicted molar refractivity (Wildman–Crippen MR) is 116 cm³/mol. The van der Waals surface area contributed by atoms with Gasteiger partial charge in [-0.15, -0.1) is 24.0 Å². The lowest BCUT2D eigenvalue weighted by Crippen LogP contribution is -2.41. The van der Waals surface area contributed by atoms with Crippen molar-refractivity contribution >= 4 is 40.0 Å². The maximum atomic E-state index is 11.4. The van der Waals surface area contributed by atoms with E-state index in [0.29, 0.717) is 19.0 Å². The lowest BCUT2D eigenvalue weighted by Gasteiger charge is -2.15. The van der Waals surface area contributed by atoms with Gasteiger partial charge in [0.2, 0.25) is 10.0 Å². The standard InChI is InChI=1S/C18H22N4O3S.HI/c1-20-18(21-11-13-5-4-7-16(9-13)26(19,23)24)22-12-15-10-14-6-2-3-8-17(14)25-15;/h2-9,15H,10-12H2,1H3,(H2,19,23,24)(H2,20,21,22);1H. The number of guanidine groups is 1. The highest BCUT2D eigenvalue weighted by atomic mass is 127. The van der Waals surface area contributed by atoms with Crippen molar-refractivity contribution in [2.75, 3.05) is 13.6 Å². The fourth-order valence-corrected chi connectivity index (χ4v) is 3.40. The molecule has 7 nitrogen and oxygen atoms in total. The predicted octanol–water partition coefficient (Wildman–Crippen LogP) is 1.62. The number of fused-ring (bicyclic) bond motifs is 1. The summed E-state index contributed by atoms with van der Waals surface area (Å²) >= 11 is 0. The fourth-order valence-electron chi connectivity index (χ4n) is 2.82. The third kappa shape index (κ3) is 5.81. The minimum Gasteiger partial charge on any atom is -0.488 e. The van der Waals surface area contributed by atoms with Crippen LogP contribution < -0.4 is 20.5 Å². The van der Waals surface area contributed by atoms with E-state index in [1.807, 2.05) is 24.3 Å². The molecule has 0 spiro atoms. The first-order chi connectivity index (χ1) is 12.5. The van der Waals surface area contributed by atoms with Gasteiger partial charge in [-0.05, 0) is 29.3 Å². The zero-order valence-corrected chi connectivity index (χ0v) is 18.0. The van der Waals surface area contributed by atoms with Crippen LogP contribution in [0.3, 0.4) is 0 Å². The van der Waals surface area contributed by atoms with Crippen molar-refractivity contribution in [1.82, 2.24) is 10.6 Å². The molecule has 9 heteroatoms. The van der Waals surface area contributed by atoms with E-state index in [1.54, 1.807) is 19.2 Å². The average molecular weight is 502 g/mol. The Labute approximate surface area is 176 Å². The first-order valence-corrected chi connectivity index (χ1v) is 9.81. The summed E-state index contributed by atoms with van der Waals surface area (Å²) in [6.45, 7) is 1.04. The van der Waals surface area contributed by atoms with Crippen LogP contribution in [0.2, 0.25) is 0 Å². The summed E-state index contributed by atoms with van der Waals surface area (Å²) in [4.78, 5) is 4.27. The number of aliphatic imine (C=N–C) groups is 1. The normalized spacial score (nSPS) is 16.1. The Morgan fingerprint density at radius 1 is 1.22 bits per heavy atom. The smallest absolute Gasteiger partial charge is 0.238 e. The Hall–Kier alpha value is -1.85. The molecule has 146 valence electrons. The maximum Gasteiger partial charge on any atom is 0.238 e. The number of nitrogens with one attached hydrogen (secondary N) is 2. The second kappa shape index (κ2) is 9.38. The number of nitrogens with zero attached hydrogens (tertiary/aromatic N) is 1. The van der Waals surface area contributed by atoms with Crippen molar-refractivity contribution in [1.29, 1.82) is 0 Å². The number of hydrogen-bond acceptors (Lipinski definition) is 4. The molecule has 0 saturated carbocycles. The van der Waals surface area contributed by atoms with E-state index in [4.69, 9.17) is 9.88 Å². The molecular formula is C18H23IN4O3S. The van der Waals surface area contributed by atoms with E-state index in [0.717, 1.165) is 17.7 Å². The number of ether oxygens (including phenoxy) is 1. The molecule has 0 bridgehead atoms. The molecule has 1 aliphatic heterocycles. The molecule has 0 saturated heterocycles. The average Bonchev–Trinajstić information content (AvgIpc) is 3.04. The first-order valence-electron chi connectivity index (χ1n) is 8.26. The van der Waals surface area contributed by atoms with Crippen molar-refractivity contribution in [3.63, 3.8) is 0 Å². The molecule has 1 aliphatic rings. The van der Waals surface area contributed by atoms with E-state index in [2.05, 4.69) is 21.7 Å². The number of sulfonamides is 1. The van der Waals surface area contributed by atoms with E-state index < -0.39 is 10.0 Å². The van der Waals surface area contributed by atoms with Gasteiger partial charge in [0.05, 0.1) is 11.4 Å². The van der Waals surface area contributed by atoms with Gasteiger partial charge >= 0.3 is 0 Å². The van der Waals surface area contributed by atoms with Gasteiger partial charge in [0, 0.05) is 20.0 Å². The molecule has 1 heterocycles. The second-order valence-corrected chi connectivity index (χ2v) is 7.61. The van der Waals surface area contributed by atoms with E-state index in [9.17, 15) is 8.42 Å². The molecule has 4 N–H and O–H groups in total. The van der Waals surface area contributed by atoms with Gasteiger partial charge in [-0.3, -0.25) is 4.99 Å². The van der Waals surface area contributed by atoms with Crippen molar-refractivity contribution in [2.45, 2.75) is 24.0 Å². The summed E-state index contributed by atoms with van der Waals surface area (Å²) in [6, 6.07) is 14.5. The Balaban J connectivity index is 0.00000261. The number of para-hydroxylation sites is 1. The molecule has 0 aromatic heterocycles. The van der Waals surface area contributed by atoms with Gasteiger partial charge in [-0.25, -0.2) is 13.6 Å². The topological polar surface area (TPSA) is 106 Å². The quantitative estimate of drug-likeness (QED) is 0.328. The van der Waals surface area contributed by atoms with Gasteiger partial charge in [-0.1, -0.05) is 30.3 Å². The molecule has 1 unspecified atom stereocenters. The largest absolute Gasteiger partial charge is 0.488 e. The fraction of sp³-hybridized carbons (Fsp3) is 0.278. The van der Waals surface area contributed by atoms with Crippen molar-refractivity contribution in [3.05, 3.63) is 59.7 Å². The third-order valence-electron chi connectivity index (χ3n) is 4.12. The van der Waals surface area contributed by atoms with Gasteiger partial charge < -0.3 is 15.4 Å². The number of nitrogens with two attached hydrogens (primary N) is 1. The van der Waals surface area contributed by atoms with Crippen molar-refractivity contribution in [3.8, 4) is 5.75 Å². The first kappa shape index (κ1) is 21.5. The molecule has 27 heavy (non-hydrogen) atoms. The molecular weight excluding hydrogens is 479 g/mol. The Kier molecular flexibility index (Phi) is 7.45. The minimum atomic E-state index is -3.71. The second-order valence-electron chi connectivity index (χ2n) is 6.05. The zero-order valence-electron chi connectivity index (χ0n) is 14.9. The van der Waals surface area contributed by atoms with Crippen molar-refractivity contribution in [2.24, 2.45) is 10.1 Å². The summed E-state index contributed by atoms with van der Waals surface area (Å²) in [6.07, 6.45) is 0.910. The van der Waals surface area contributed by atoms with E-state index >= 15 is 0 Å². The third-order valence-corrected chi connectivity index (χ3v) is 5.03. The number of halogens is 1. The van der Waals surface area contributed by atoms with Crippen LogP contribution >= 0.6 is 24.0 Å². The Morgan fingerprint density at radius 2 is 2.00 bits per heavy atom. The summed E-state index contributed by atoms with van der Waals surface area (Å²) < 4.78 is 28.8. The lowest BCUT2D eigenvalue weighted by molar-refractivity contribution is 0.235. The summed E-state index contributed by atoms with van der Waals surface area (Å²) in [5.74, 6) is 1.55. The monoisotopic (exact) mass is 502 g/mol. The van der Waals surface area contributed by atoms with Gasteiger partial charge in [-0.2, -0.15) is 0 Å². The van der Waals surface area contributed by atoms with Crippen LogP contribution in [0.5, 0.6) is 5.75 Å². The van der Waals surface area contributed by atoms with Gasteiger partial charge in [0.15, 0.2) is 5.96 Å². The highest BCUT2D eigenvalue weighted by Crippen LogP contribution is 2.27. The van der Waals surface area contributed by atoms with E-state index in [-0.39, 0.29) is 35.0 Å². The van der Waals surface area contributed by atoms with Crippen LogP contribution in [0, 0.1) is 0 Å². The molecule has 0 radical (unpaired) electrons. The SMILES string of the molecule is CN=C(NCc1cccc(S(N)(=O)=O)c1)NCC1Cc2ccccc2O1.I. The van der Waals surface area contributed by atoms with Crippen LogP contribution in [-0.4, -0.2) is 34.1 Å². The van der Waals surface area contributed by atoms with Crippen LogP contribution in [0.25, 0.3) is 0 Å². The molecule has 2 aromatic carbocycles. The molecule has 2 aromatic rings. The molecule has 1 atom stereocenters. The number of primary sulfonamides is 1. The van der Waals surface area contributed by atoms with Gasteiger partial charge in [0.1, 0.15) is 11.9 Å². The molecule has 0 fully saturated rings. The molecule has 3 rings (SSSR count). The summed E-state index contributed by atoms with van der Waals surface area (Å²) in [7, 11) is -2.03. The Morgan fingerprint density at radius 3 is 2.70 bits per heavy atom. The van der Waals surface area contributed by atoms with Crippen LogP contribution in [0.15, 0.2) is 58.4 Å². The highest BCUT2D eigenvalue weighted by Gasteiger charge is 2.22. The Bertz CT molecular complexity index is 893. The van der Waals surface area contributed by atoms with E-state index in [1.165, 1.54) is 11.6 Å². The van der Waals surface area contributed by atoms with Crippen LogP contribution in [0.4, 0.5) is 0 Å². The summed E-state index contributed by atoms with van der Waals surface area (Å²) in [5, 5.41) is 11.6. The zero-order chi connectivity index (χ0) is 18.6. The molecule has 0 amide bonds. The van der Waals surface area contributed by atoms with Crippen LogP contribution in [0.1, 0.15) is 11.1 Å². The van der Waals surface area contributed by atoms with Gasteiger partial charge in [0.25, 0.3) is 0 Å². The maximum absolute atomic E-state index is 11.4. The number of hydrogen-bond donors (Lipinski definition) is 3. The van der Waals surface area contributed by atoms with Crippen LogP contribution in [-0.2, 0) is 23.0 Å². The molecule has 0 aliphatic carbocycles. The minimum absolute atomic E-state index is 0. The number of benzene rings is 2. The van der Waals surface area contributed by atoms with Crippen molar-refractivity contribution < 1.29 is 13.2 Å². The highest BCUT2D eigenvalue weighted by molar-refractivity contribution is 14.0. The summed E-state index contributed by atoms with van der Waals surface area (Å²) in [5.41, 5.74) is 2.01. The lowest BCUT2D eigenvalue weighted by atomic mass is 10.1. The number of rotatable bonds is 5.